The second kappa shape index (κ2) is 8.22. The van der Waals surface area contributed by atoms with Gasteiger partial charge in [0, 0.05) is 29.5 Å². The first kappa shape index (κ1) is 19.9. The summed E-state index contributed by atoms with van der Waals surface area (Å²) in [4.78, 5) is 22.5. The van der Waals surface area contributed by atoms with Crippen LogP contribution in [0.3, 0.4) is 0 Å². The normalized spacial score (nSPS) is 14.3. The Kier molecular flexibility index (Phi) is 4.94. The van der Waals surface area contributed by atoms with Crippen molar-refractivity contribution in [1.29, 1.82) is 10.5 Å². The maximum absolute atomic E-state index is 9.42. The quantitative estimate of drug-likeness (QED) is 0.317. The van der Waals surface area contributed by atoms with Crippen molar-refractivity contribution >= 4 is 11.4 Å². The molecular weight excluding hydrogens is 412 g/mol. The van der Waals surface area contributed by atoms with Gasteiger partial charge in [0.05, 0.1) is 5.69 Å². The number of rotatable bonds is 2. The lowest BCUT2D eigenvalue weighted by molar-refractivity contribution is -0.660. The number of aryl methyl sites for hydroxylation is 1. The van der Waals surface area contributed by atoms with E-state index in [2.05, 4.69) is 15.0 Å². The van der Waals surface area contributed by atoms with Crippen LogP contribution in [0.4, 0.5) is 0 Å². The number of nitriles is 2. The molecule has 154 valence electrons. The van der Waals surface area contributed by atoms with Crippen molar-refractivity contribution in [1.82, 2.24) is 15.0 Å². The second-order valence-corrected chi connectivity index (χ2v) is 7.20. The van der Waals surface area contributed by atoms with E-state index in [1.54, 1.807) is 6.20 Å². The van der Waals surface area contributed by atoms with Crippen molar-refractivity contribution in [3.05, 3.63) is 95.6 Å². The van der Waals surface area contributed by atoms with Gasteiger partial charge in [-0.3, -0.25) is 4.98 Å². The van der Waals surface area contributed by atoms with Gasteiger partial charge in [-0.25, -0.2) is 9.97 Å². The molecule has 8 heteroatoms. The first-order chi connectivity index (χ1) is 16.2. The highest BCUT2D eigenvalue weighted by Crippen LogP contribution is 2.32. The number of pyridine rings is 2. The van der Waals surface area contributed by atoms with E-state index in [1.165, 1.54) is 0 Å². The highest BCUT2D eigenvalue weighted by atomic mass is 15.0. The molecule has 0 bridgehead atoms. The molecule has 0 amide bonds. The lowest BCUT2D eigenvalue weighted by atomic mass is 9.88. The number of fused-ring (bicyclic) bond motifs is 2. The minimum absolute atomic E-state index is 0.382. The van der Waals surface area contributed by atoms with E-state index in [0.29, 0.717) is 51.0 Å². The summed E-state index contributed by atoms with van der Waals surface area (Å²) in [5, 5.41) is 18.8. The minimum atomic E-state index is 0.382. The predicted octanol–water partition coefficient (Wildman–Crippen LogP) is 2.98. The highest BCUT2D eigenvalue weighted by Gasteiger charge is 2.33. The van der Waals surface area contributed by atoms with Crippen molar-refractivity contribution in [3.63, 3.8) is 0 Å². The van der Waals surface area contributed by atoms with Gasteiger partial charge in [-0.1, -0.05) is 30.3 Å². The average molecular weight is 427 g/mol. The standard InChI is InChI=1S/C25H15N8/c1-33-13-7-5-11-19(33)23-22(18-10-4-6-12-28-18)31-24-20(29-14-26)16-8-2-3-9-17(16)21(30-15-27)25(24)32-23/h2-13H,1H3/q+1. The van der Waals surface area contributed by atoms with Crippen LogP contribution in [-0.4, -0.2) is 26.4 Å². The van der Waals surface area contributed by atoms with Gasteiger partial charge >= 0.3 is 0 Å². The number of benzene rings is 1. The lowest BCUT2D eigenvalue weighted by Gasteiger charge is -2.21. The van der Waals surface area contributed by atoms with Gasteiger partial charge in [0.15, 0.2) is 11.9 Å². The third-order valence-corrected chi connectivity index (χ3v) is 5.31. The Balaban J connectivity index is 1.92. The van der Waals surface area contributed by atoms with E-state index < -0.39 is 0 Å². The molecule has 33 heavy (non-hydrogen) atoms. The van der Waals surface area contributed by atoms with Gasteiger partial charge in [0.25, 0.3) is 0 Å². The number of aliphatic imine (C=N–C) groups is 2. The van der Waals surface area contributed by atoms with Crippen LogP contribution in [0.1, 0.15) is 22.5 Å². The van der Waals surface area contributed by atoms with Crippen LogP contribution < -0.4 is 4.57 Å². The zero-order valence-corrected chi connectivity index (χ0v) is 17.5. The van der Waals surface area contributed by atoms with E-state index in [0.717, 1.165) is 5.69 Å². The number of aromatic nitrogens is 4. The van der Waals surface area contributed by atoms with Crippen LogP contribution in [0, 0.1) is 22.9 Å². The van der Waals surface area contributed by atoms with E-state index in [4.69, 9.17) is 9.97 Å². The van der Waals surface area contributed by atoms with Crippen molar-refractivity contribution in [2.24, 2.45) is 17.0 Å². The zero-order chi connectivity index (χ0) is 22.8. The summed E-state index contributed by atoms with van der Waals surface area (Å²) >= 11 is 0. The number of hydrogen-bond acceptors (Lipinski definition) is 7. The van der Waals surface area contributed by atoms with Crippen molar-refractivity contribution in [2.45, 2.75) is 0 Å². The van der Waals surface area contributed by atoms with Gasteiger partial charge in [-0.05, 0) is 18.2 Å². The summed E-state index contributed by atoms with van der Waals surface area (Å²) in [5.74, 6) is 0. The molecule has 0 unspecified atom stereocenters. The zero-order valence-electron chi connectivity index (χ0n) is 17.5. The molecule has 0 saturated heterocycles. The molecule has 5 rings (SSSR count). The number of nitrogens with zero attached hydrogens (tertiary/aromatic N) is 8. The average Bonchev–Trinajstić information content (AvgIpc) is 2.86. The Morgan fingerprint density at radius 1 is 0.727 bits per heavy atom. The fourth-order valence-corrected chi connectivity index (χ4v) is 3.87. The molecule has 0 aliphatic heterocycles. The number of hydrogen-bond donors (Lipinski definition) is 0. The van der Waals surface area contributed by atoms with Gasteiger partial charge in [-0.2, -0.15) is 25.1 Å². The minimum Gasteiger partial charge on any atom is -0.255 e. The van der Waals surface area contributed by atoms with Crippen molar-refractivity contribution in [3.8, 4) is 35.2 Å². The van der Waals surface area contributed by atoms with Crippen LogP contribution in [0.5, 0.6) is 0 Å². The Labute approximate surface area is 189 Å². The molecule has 0 N–H and O–H groups in total. The molecule has 4 aromatic rings. The molecule has 0 spiro atoms. The third kappa shape index (κ3) is 3.32. The summed E-state index contributed by atoms with van der Waals surface area (Å²) in [7, 11) is 1.92. The van der Waals surface area contributed by atoms with E-state index in [-0.39, 0.29) is 0 Å². The molecule has 8 nitrogen and oxygen atoms in total. The Morgan fingerprint density at radius 3 is 1.91 bits per heavy atom. The fourth-order valence-electron chi connectivity index (χ4n) is 3.87. The van der Waals surface area contributed by atoms with Crippen LogP contribution in [0.2, 0.25) is 0 Å². The molecule has 3 heterocycles. The van der Waals surface area contributed by atoms with Crippen molar-refractivity contribution < 1.29 is 4.57 Å². The first-order valence-electron chi connectivity index (χ1n) is 10.1. The fraction of sp³-hybridized carbons (Fsp3) is 0.0400. The Morgan fingerprint density at radius 2 is 1.33 bits per heavy atom. The van der Waals surface area contributed by atoms with Gasteiger partial charge in [-0.15, -0.1) is 0 Å². The molecule has 0 fully saturated rings. The monoisotopic (exact) mass is 427 g/mol. The Bertz CT molecular complexity index is 1540. The summed E-state index contributed by atoms with van der Waals surface area (Å²) in [6, 6.07) is 18.7. The summed E-state index contributed by atoms with van der Waals surface area (Å²) in [6.07, 6.45) is 7.36. The van der Waals surface area contributed by atoms with Gasteiger partial charge in [0.1, 0.15) is 35.6 Å². The molecule has 1 aromatic carbocycles. The maximum atomic E-state index is 9.42. The highest BCUT2D eigenvalue weighted by molar-refractivity contribution is 6.30. The maximum Gasteiger partial charge on any atom is 0.233 e. The van der Waals surface area contributed by atoms with Crippen LogP contribution in [0.15, 0.2) is 83.0 Å². The topological polar surface area (TPSA) is 115 Å². The van der Waals surface area contributed by atoms with E-state index >= 15 is 0 Å². The molecule has 3 aromatic heterocycles. The van der Waals surface area contributed by atoms with E-state index in [9.17, 15) is 10.5 Å². The largest absolute Gasteiger partial charge is 0.255 e. The van der Waals surface area contributed by atoms with Crippen molar-refractivity contribution in [2.75, 3.05) is 0 Å². The molecule has 0 atom stereocenters. The molecule has 1 aliphatic rings. The van der Waals surface area contributed by atoms with Gasteiger partial charge in [0.2, 0.25) is 18.1 Å². The second-order valence-electron chi connectivity index (χ2n) is 7.20. The molecule has 0 radical (unpaired) electrons. The predicted molar refractivity (Wildman–Crippen MR) is 121 cm³/mol. The van der Waals surface area contributed by atoms with Crippen LogP contribution in [0.25, 0.3) is 22.8 Å². The first-order valence-corrected chi connectivity index (χ1v) is 10.1. The summed E-state index contributed by atoms with van der Waals surface area (Å²) in [5.41, 5.74) is 5.43. The third-order valence-electron chi connectivity index (χ3n) is 5.31. The van der Waals surface area contributed by atoms with Gasteiger partial charge < -0.3 is 0 Å². The SMILES string of the molecule is C[n+]1ccccc1-c1nc2c(nc1-c1ccccn1)C(=NC#N)c1ccccc1C2=NC#N. The van der Waals surface area contributed by atoms with Crippen LogP contribution in [-0.2, 0) is 7.05 Å². The Hall–Kier alpha value is -5.08. The molecular formula is C25H15N8+. The lowest BCUT2D eigenvalue weighted by Crippen LogP contribution is -2.32. The summed E-state index contributed by atoms with van der Waals surface area (Å²) < 4.78 is 1.94. The van der Waals surface area contributed by atoms with E-state index in [1.807, 2.05) is 90.9 Å². The summed E-state index contributed by atoms with van der Waals surface area (Å²) in [6.45, 7) is 0. The van der Waals surface area contributed by atoms with Crippen LogP contribution >= 0.6 is 0 Å². The smallest absolute Gasteiger partial charge is 0.233 e. The molecule has 0 saturated carbocycles. The molecule has 1 aliphatic carbocycles.